The minimum Gasteiger partial charge on any atom is -0.478 e. The molecule has 0 heterocycles. The van der Waals surface area contributed by atoms with E-state index in [1.165, 1.54) is 6.07 Å². The first kappa shape index (κ1) is 17.2. The van der Waals surface area contributed by atoms with Gasteiger partial charge in [0.2, 0.25) is 0 Å². The molecule has 2 N–H and O–H groups in total. The van der Waals surface area contributed by atoms with Crippen molar-refractivity contribution in [2.75, 3.05) is 0 Å². The third kappa shape index (κ3) is 3.98. The summed E-state index contributed by atoms with van der Waals surface area (Å²) in [6.45, 7) is 2.06. The first-order valence-corrected chi connectivity index (χ1v) is 7.34. The summed E-state index contributed by atoms with van der Waals surface area (Å²) in [4.78, 5) is 34.3. The Labute approximate surface area is 138 Å². The number of hydrogen-bond donors (Lipinski definition) is 2. The average molecular weight is 328 g/mol. The monoisotopic (exact) mass is 328 g/mol. The average Bonchev–Trinajstić information content (AvgIpc) is 2.56. The van der Waals surface area contributed by atoms with E-state index in [1.54, 1.807) is 12.1 Å². The lowest BCUT2D eigenvalue weighted by molar-refractivity contribution is 0.0650. The van der Waals surface area contributed by atoms with Crippen molar-refractivity contribution >= 4 is 17.9 Å². The maximum absolute atomic E-state index is 12.1. The third-order valence-electron chi connectivity index (χ3n) is 3.39. The van der Waals surface area contributed by atoms with Crippen molar-refractivity contribution in [3.63, 3.8) is 0 Å². The molecule has 0 saturated carbocycles. The van der Waals surface area contributed by atoms with Gasteiger partial charge in [-0.1, -0.05) is 25.5 Å². The van der Waals surface area contributed by atoms with E-state index in [9.17, 15) is 14.4 Å². The van der Waals surface area contributed by atoms with Gasteiger partial charge in [-0.25, -0.2) is 14.4 Å². The number of rotatable bonds is 6. The van der Waals surface area contributed by atoms with E-state index in [-0.39, 0.29) is 11.1 Å². The molecule has 0 spiro atoms. The molecular weight excluding hydrogens is 312 g/mol. The fraction of sp³-hybridized carbons (Fsp3) is 0.167. The molecule has 0 aliphatic carbocycles. The molecule has 124 valence electrons. The number of ether oxygens (including phenoxy) is 1. The lowest BCUT2D eigenvalue weighted by atomic mass is 10.0. The Balaban J connectivity index is 2.21. The largest absolute Gasteiger partial charge is 0.478 e. The second-order valence-corrected chi connectivity index (χ2v) is 5.15. The summed E-state index contributed by atoms with van der Waals surface area (Å²) in [5.41, 5.74) is 0.240. The molecule has 0 unspecified atom stereocenters. The highest BCUT2D eigenvalue weighted by Gasteiger charge is 2.19. The fourth-order valence-corrected chi connectivity index (χ4v) is 2.21. The Morgan fingerprint density at radius 1 is 0.917 bits per heavy atom. The van der Waals surface area contributed by atoms with Gasteiger partial charge in [-0.2, -0.15) is 0 Å². The highest BCUT2D eigenvalue weighted by atomic mass is 16.5. The van der Waals surface area contributed by atoms with E-state index in [1.807, 2.05) is 12.1 Å². The molecule has 0 aromatic heterocycles. The van der Waals surface area contributed by atoms with Crippen LogP contribution in [0.4, 0.5) is 0 Å². The number of carboxylic acids is 2. The Kier molecular flexibility index (Phi) is 5.31. The maximum atomic E-state index is 12.1. The van der Waals surface area contributed by atoms with Gasteiger partial charge in [0.15, 0.2) is 0 Å². The summed E-state index contributed by atoms with van der Waals surface area (Å²) in [6.07, 6.45) is 1.93. The number of carbonyl (C=O) groups excluding carboxylic acids is 1. The minimum absolute atomic E-state index is 0.0324. The summed E-state index contributed by atoms with van der Waals surface area (Å²) < 4.78 is 5.19. The summed E-state index contributed by atoms with van der Waals surface area (Å²) in [5.74, 6) is -3.22. The van der Waals surface area contributed by atoms with Crippen LogP contribution in [0.1, 0.15) is 50.0 Å². The van der Waals surface area contributed by atoms with Gasteiger partial charge in [0, 0.05) is 0 Å². The fourth-order valence-electron chi connectivity index (χ4n) is 2.21. The van der Waals surface area contributed by atoms with Crippen molar-refractivity contribution in [3.05, 3.63) is 64.7 Å². The smallest absolute Gasteiger partial charge is 0.343 e. The van der Waals surface area contributed by atoms with Gasteiger partial charge < -0.3 is 14.9 Å². The lowest BCUT2D eigenvalue weighted by Crippen LogP contribution is -2.13. The first-order valence-electron chi connectivity index (χ1n) is 7.34. The summed E-state index contributed by atoms with van der Waals surface area (Å²) in [7, 11) is 0. The number of benzene rings is 2. The predicted octanol–water partition coefficient (Wildman–Crippen LogP) is 3.25. The molecule has 6 heteroatoms. The van der Waals surface area contributed by atoms with E-state index in [2.05, 4.69) is 6.92 Å². The van der Waals surface area contributed by atoms with E-state index >= 15 is 0 Å². The summed E-state index contributed by atoms with van der Waals surface area (Å²) in [6, 6.07) is 10.3. The minimum atomic E-state index is -1.43. The van der Waals surface area contributed by atoms with Gasteiger partial charge in [-0.3, -0.25) is 0 Å². The normalized spacial score (nSPS) is 10.2. The van der Waals surface area contributed by atoms with Gasteiger partial charge in [0.1, 0.15) is 5.75 Å². The second kappa shape index (κ2) is 7.41. The molecule has 0 aliphatic heterocycles. The molecule has 0 fully saturated rings. The number of aromatic carboxylic acids is 2. The molecule has 2 aromatic carbocycles. The molecule has 0 saturated heterocycles. The number of carbonyl (C=O) groups is 3. The zero-order valence-corrected chi connectivity index (χ0v) is 13.0. The van der Waals surface area contributed by atoms with Crippen molar-refractivity contribution in [2.45, 2.75) is 19.8 Å². The van der Waals surface area contributed by atoms with Crippen LogP contribution in [0.2, 0.25) is 0 Å². The second-order valence-electron chi connectivity index (χ2n) is 5.15. The van der Waals surface area contributed by atoms with Gasteiger partial charge >= 0.3 is 17.9 Å². The Morgan fingerprint density at radius 2 is 1.54 bits per heavy atom. The van der Waals surface area contributed by atoms with Gasteiger partial charge in [0.25, 0.3) is 0 Å². The molecule has 2 aromatic rings. The van der Waals surface area contributed by atoms with Crippen molar-refractivity contribution < 1.29 is 29.3 Å². The van der Waals surface area contributed by atoms with Crippen LogP contribution in [0, 0.1) is 0 Å². The summed E-state index contributed by atoms with van der Waals surface area (Å²) in [5, 5.41) is 18.0. The zero-order chi connectivity index (χ0) is 17.7. The predicted molar refractivity (Wildman–Crippen MR) is 85.8 cm³/mol. The van der Waals surface area contributed by atoms with Crippen LogP contribution in [0.3, 0.4) is 0 Å². The van der Waals surface area contributed by atoms with Gasteiger partial charge in [-0.15, -0.1) is 0 Å². The number of aryl methyl sites for hydroxylation is 1. The highest BCUT2D eigenvalue weighted by Crippen LogP contribution is 2.17. The molecule has 0 bridgehead atoms. The molecule has 0 aliphatic rings. The molecule has 0 amide bonds. The number of hydrogen-bond acceptors (Lipinski definition) is 4. The van der Waals surface area contributed by atoms with E-state index in [0.717, 1.165) is 30.5 Å². The van der Waals surface area contributed by atoms with Crippen LogP contribution in [0.15, 0.2) is 42.5 Å². The Hall–Kier alpha value is -3.15. The van der Waals surface area contributed by atoms with Crippen LogP contribution in [0.25, 0.3) is 0 Å². The third-order valence-corrected chi connectivity index (χ3v) is 3.39. The Morgan fingerprint density at radius 3 is 2.08 bits per heavy atom. The van der Waals surface area contributed by atoms with Crippen molar-refractivity contribution in [2.24, 2.45) is 0 Å². The SMILES string of the molecule is CCCc1ccc(OC(=O)c2ccc(C(=O)O)c(C(=O)O)c2)cc1. The molecule has 0 atom stereocenters. The van der Waals surface area contributed by atoms with Crippen LogP contribution >= 0.6 is 0 Å². The standard InChI is InChI=1S/C18H16O6/c1-2-3-11-4-7-13(8-5-11)24-18(23)12-6-9-14(16(19)20)15(10-12)17(21)22/h4-10H,2-3H2,1H3,(H,19,20)(H,21,22). The van der Waals surface area contributed by atoms with Crippen LogP contribution in [-0.2, 0) is 6.42 Å². The molecular formula is C18H16O6. The first-order chi connectivity index (χ1) is 11.4. The topological polar surface area (TPSA) is 101 Å². The molecule has 2 rings (SSSR count). The van der Waals surface area contributed by atoms with Crippen LogP contribution in [-0.4, -0.2) is 28.1 Å². The van der Waals surface area contributed by atoms with Crippen molar-refractivity contribution in [3.8, 4) is 5.75 Å². The number of carboxylic acid groups (broad SMARTS) is 2. The van der Waals surface area contributed by atoms with E-state index in [4.69, 9.17) is 14.9 Å². The van der Waals surface area contributed by atoms with Crippen LogP contribution in [0.5, 0.6) is 5.75 Å². The summed E-state index contributed by atoms with van der Waals surface area (Å²) >= 11 is 0. The van der Waals surface area contributed by atoms with E-state index in [0.29, 0.717) is 5.75 Å². The van der Waals surface area contributed by atoms with Gasteiger partial charge in [-0.05, 0) is 42.3 Å². The van der Waals surface area contributed by atoms with Gasteiger partial charge in [0.05, 0.1) is 16.7 Å². The molecule has 0 radical (unpaired) electrons. The van der Waals surface area contributed by atoms with Crippen LogP contribution < -0.4 is 4.74 Å². The zero-order valence-electron chi connectivity index (χ0n) is 13.0. The maximum Gasteiger partial charge on any atom is 0.343 e. The Bertz CT molecular complexity index is 777. The lowest BCUT2D eigenvalue weighted by Gasteiger charge is -2.07. The van der Waals surface area contributed by atoms with Crippen molar-refractivity contribution in [1.29, 1.82) is 0 Å². The quantitative estimate of drug-likeness (QED) is 0.623. The number of esters is 1. The molecule has 24 heavy (non-hydrogen) atoms. The molecule has 6 nitrogen and oxygen atoms in total. The van der Waals surface area contributed by atoms with Crippen molar-refractivity contribution in [1.82, 2.24) is 0 Å². The van der Waals surface area contributed by atoms with E-state index < -0.39 is 23.5 Å². The highest BCUT2D eigenvalue weighted by molar-refractivity contribution is 6.04.